The van der Waals surface area contributed by atoms with Crippen LogP contribution in [0.25, 0.3) is 0 Å². The number of benzene rings is 4. The molecule has 2 nitrogen and oxygen atoms in total. The smallest absolute Gasteiger partial charge is 0.121 e. The van der Waals surface area contributed by atoms with Gasteiger partial charge in [-0.3, -0.25) is 0 Å². The Morgan fingerprint density at radius 1 is 0.517 bits per heavy atom. The predicted molar refractivity (Wildman–Crippen MR) is 115 cm³/mol. The average molecular weight is 376 g/mol. The van der Waals surface area contributed by atoms with Crippen LogP contribution in [0.1, 0.15) is 34.7 Å². The van der Waals surface area contributed by atoms with Gasteiger partial charge in [0.1, 0.15) is 5.54 Å². The molecule has 1 aliphatic rings. The summed E-state index contributed by atoms with van der Waals surface area (Å²) in [6.45, 7) is 2.04. The summed E-state index contributed by atoms with van der Waals surface area (Å²) in [5.74, 6) is 0. The van der Waals surface area contributed by atoms with Gasteiger partial charge in [0.2, 0.25) is 0 Å². The summed E-state index contributed by atoms with van der Waals surface area (Å²) in [7, 11) is 0. The molecule has 1 atom stereocenters. The summed E-state index contributed by atoms with van der Waals surface area (Å²) in [4.78, 5) is 0. The maximum atomic E-state index is 14.5. The molecule has 1 radical (unpaired) electrons. The van der Waals surface area contributed by atoms with Gasteiger partial charge in [-0.05, 0) is 34.7 Å². The Kier molecular flexibility index (Phi) is 4.13. The van der Waals surface area contributed by atoms with E-state index in [0.29, 0.717) is 0 Å². The Morgan fingerprint density at radius 3 is 1.38 bits per heavy atom. The van der Waals surface area contributed by atoms with Crippen molar-refractivity contribution in [1.82, 2.24) is 5.06 Å². The zero-order valence-electron chi connectivity index (χ0n) is 16.3. The van der Waals surface area contributed by atoms with Crippen molar-refractivity contribution in [3.8, 4) is 0 Å². The normalized spacial score (nSPS) is 20.3. The molecule has 5 rings (SSSR count). The molecule has 2 heteroatoms. The number of hydrogen-bond donors (Lipinski definition) is 0. The molecule has 0 fully saturated rings. The standard InChI is InChI=1S/C27H22NO/c1-26(21-13-5-2-6-14-21)24-19-11-12-20-25(24)27(28(26)29,22-15-7-3-8-16-22)23-17-9-4-10-18-23/h2-20H,1H3. The SMILES string of the molecule is CC1(c2ccccc2)c2ccccc2C(c2ccccc2)(c2ccccc2)N1[O]. The van der Waals surface area contributed by atoms with Gasteiger partial charge in [-0.25, -0.2) is 0 Å². The van der Waals surface area contributed by atoms with Crippen LogP contribution in [-0.2, 0) is 16.3 Å². The van der Waals surface area contributed by atoms with Gasteiger partial charge in [0.05, 0.1) is 5.54 Å². The molecule has 4 aromatic rings. The highest BCUT2D eigenvalue weighted by molar-refractivity contribution is 5.60. The maximum absolute atomic E-state index is 14.5. The third kappa shape index (κ3) is 2.37. The van der Waals surface area contributed by atoms with Crippen LogP contribution in [0.15, 0.2) is 115 Å². The first-order chi connectivity index (χ1) is 14.2. The van der Waals surface area contributed by atoms with E-state index in [1.807, 2.05) is 85.8 Å². The first-order valence-electron chi connectivity index (χ1n) is 9.94. The van der Waals surface area contributed by atoms with Crippen LogP contribution in [0, 0.1) is 0 Å². The molecule has 0 saturated carbocycles. The minimum atomic E-state index is -0.913. The molecule has 1 heterocycles. The zero-order chi connectivity index (χ0) is 19.9. The van der Waals surface area contributed by atoms with Crippen LogP contribution in [0.5, 0.6) is 0 Å². The van der Waals surface area contributed by atoms with Gasteiger partial charge < -0.3 is 0 Å². The van der Waals surface area contributed by atoms with Crippen LogP contribution < -0.4 is 0 Å². The number of nitrogens with zero attached hydrogens (tertiary/aromatic N) is 1. The number of fused-ring (bicyclic) bond motifs is 1. The van der Waals surface area contributed by atoms with Crippen molar-refractivity contribution >= 4 is 0 Å². The minimum Gasteiger partial charge on any atom is -0.121 e. The van der Waals surface area contributed by atoms with E-state index in [-0.39, 0.29) is 0 Å². The quantitative estimate of drug-likeness (QED) is 0.436. The van der Waals surface area contributed by atoms with E-state index in [9.17, 15) is 5.21 Å². The lowest BCUT2D eigenvalue weighted by molar-refractivity contribution is -0.247. The minimum absolute atomic E-state index is 0.802. The van der Waals surface area contributed by atoms with E-state index < -0.39 is 11.1 Å². The van der Waals surface area contributed by atoms with Crippen molar-refractivity contribution in [2.45, 2.75) is 18.0 Å². The van der Waals surface area contributed by atoms with Gasteiger partial charge in [0.15, 0.2) is 0 Å². The average Bonchev–Trinajstić information content (AvgIpc) is 3.01. The van der Waals surface area contributed by atoms with E-state index >= 15 is 0 Å². The number of rotatable bonds is 3. The fraction of sp³-hybridized carbons (Fsp3) is 0.111. The molecular weight excluding hydrogens is 354 g/mol. The maximum Gasteiger partial charge on any atom is 0.126 e. The highest BCUT2D eigenvalue weighted by Crippen LogP contribution is 2.57. The van der Waals surface area contributed by atoms with Crippen molar-refractivity contribution in [2.75, 3.05) is 0 Å². The lowest BCUT2D eigenvalue weighted by Crippen LogP contribution is -2.48. The molecule has 0 spiro atoms. The van der Waals surface area contributed by atoms with Crippen LogP contribution in [0.2, 0.25) is 0 Å². The van der Waals surface area contributed by atoms with Crippen molar-refractivity contribution in [2.24, 2.45) is 0 Å². The second kappa shape index (κ2) is 6.70. The molecule has 0 saturated heterocycles. The molecule has 0 aromatic heterocycles. The third-order valence-electron chi connectivity index (χ3n) is 6.27. The molecule has 0 amide bonds. The lowest BCUT2D eigenvalue weighted by Gasteiger charge is -2.41. The summed E-state index contributed by atoms with van der Waals surface area (Å²) in [6, 6.07) is 38.6. The van der Waals surface area contributed by atoms with Crippen LogP contribution in [0.4, 0.5) is 0 Å². The Labute approximate surface area is 171 Å². The predicted octanol–water partition coefficient (Wildman–Crippen LogP) is 5.90. The summed E-state index contributed by atoms with van der Waals surface area (Å²) in [5.41, 5.74) is 3.33. The van der Waals surface area contributed by atoms with Gasteiger partial charge in [0.25, 0.3) is 0 Å². The molecule has 29 heavy (non-hydrogen) atoms. The van der Waals surface area contributed by atoms with Crippen LogP contribution >= 0.6 is 0 Å². The van der Waals surface area contributed by atoms with E-state index in [1.165, 1.54) is 5.06 Å². The highest BCUT2D eigenvalue weighted by atomic mass is 16.5. The molecule has 0 N–H and O–H groups in total. The van der Waals surface area contributed by atoms with Gasteiger partial charge in [-0.15, -0.1) is 10.3 Å². The molecule has 0 bridgehead atoms. The summed E-state index contributed by atoms with van der Waals surface area (Å²) < 4.78 is 0. The third-order valence-corrected chi connectivity index (χ3v) is 6.27. The second-order valence-electron chi connectivity index (χ2n) is 7.72. The van der Waals surface area contributed by atoms with Gasteiger partial charge in [-0.2, -0.15) is 0 Å². The van der Waals surface area contributed by atoms with Crippen LogP contribution in [-0.4, -0.2) is 5.06 Å². The largest absolute Gasteiger partial charge is 0.126 e. The van der Waals surface area contributed by atoms with Gasteiger partial charge in [-0.1, -0.05) is 115 Å². The Morgan fingerprint density at radius 2 is 0.897 bits per heavy atom. The van der Waals surface area contributed by atoms with Crippen molar-refractivity contribution in [3.05, 3.63) is 143 Å². The first kappa shape index (κ1) is 17.9. The molecule has 1 aliphatic heterocycles. The summed E-state index contributed by atoms with van der Waals surface area (Å²) in [6.07, 6.45) is 0. The monoisotopic (exact) mass is 376 g/mol. The zero-order valence-corrected chi connectivity index (χ0v) is 16.3. The van der Waals surface area contributed by atoms with Gasteiger partial charge >= 0.3 is 0 Å². The number of hydroxylamine groups is 2. The molecular formula is C27H22NO. The number of hydrogen-bond acceptors (Lipinski definition) is 1. The Hall–Kier alpha value is -3.20. The fourth-order valence-electron chi connectivity index (χ4n) is 4.88. The van der Waals surface area contributed by atoms with E-state index in [0.717, 1.165) is 27.8 Å². The van der Waals surface area contributed by atoms with Crippen molar-refractivity contribution in [1.29, 1.82) is 0 Å². The Bertz CT molecular complexity index is 1090. The molecule has 0 aliphatic carbocycles. The van der Waals surface area contributed by atoms with Crippen molar-refractivity contribution in [3.63, 3.8) is 0 Å². The fourth-order valence-corrected chi connectivity index (χ4v) is 4.88. The van der Waals surface area contributed by atoms with E-state index in [1.54, 1.807) is 0 Å². The second-order valence-corrected chi connectivity index (χ2v) is 7.72. The molecule has 141 valence electrons. The van der Waals surface area contributed by atoms with Gasteiger partial charge in [0, 0.05) is 0 Å². The molecule has 4 aromatic carbocycles. The highest BCUT2D eigenvalue weighted by Gasteiger charge is 2.59. The molecule has 1 unspecified atom stereocenters. The Balaban J connectivity index is 1.90. The topological polar surface area (TPSA) is 23.1 Å². The first-order valence-corrected chi connectivity index (χ1v) is 9.94. The van der Waals surface area contributed by atoms with Crippen LogP contribution in [0.3, 0.4) is 0 Å². The summed E-state index contributed by atoms with van der Waals surface area (Å²) in [5, 5.41) is 15.8. The lowest BCUT2D eigenvalue weighted by atomic mass is 9.77. The van der Waals surface area contributed by atoms with E-state index in [4.69, 9.17) is 0 Å². The summed E-state index contributed by atoms with van der Waals surface area (Å²) >= 11 is 0. The van der Waals surface area contributed by atoms with E-state index in [2.05, 4.69) is 36.4 Å². The van der Waals surface area contributed by atoms with Crippen molar-refractivity contribution < 1.29 is 5.21 Å².